The van der Waals surface area contributed by atoms with Gasteiger partial charge in [0.25, 0.3) is 0 Å². The Hall–Kier alpha value is -0.580. The maximum absolute atomic E-state index is 10.9. The molecular formula is C9H14ClNO2S. The molecule has 0 radical (unpaired) electrons. The molecule has 1 aromatic rings. The van der Waals surface area contributed by atoms with Gasteiger partial charge in [0.1, 0.15) is 6.04 Å². The van der Waals surface area contributed by atoms with Gasteiger partial charge in [0.2, 0.25) is 0 Å². The molecule has 0 aliphatic carbocycles. The summed E-state index contributed by atoms with van der Waals surface area (Å²) >= 11 is 6.94. The predicted octanol–water partition coefficient (Wildman–Crippen LogP) is 2.60. The lowest BCUT2D eigenvalue weighted by molar-refractivity contribution is -0.142. The van der Waals surface area contributed by atoms with E-state index >= 15 is 0 Å². The average molecular weight is 236 g/mol. The van der Waals surface area contributed by atoms with E-state index in [2.05, 4.69) is 4.74 Å². The number of nitrogens with two attached hydrogens (primary N) is 1. The molecule has 1 heterocycles. The normalized spacial score (nSPS) is 11.2. The molecule has 2 N–H and O–H groups in total. The molecule has 0 aliphatic heterocycles. The fourth-order valence-corrected chi connectivity index (χ4v) is 1.79. The number of halogens is 1. The van der Waals surface area contributed by atoms with Gasteiger partial charge < -0.3 is 10.5 Å². The van der Waals surface area contributed by atoms with Crippen molar-refractivity contribution in [2.45, 2.75) is 19.9 Å². The molecule has 0 spiro atoms. The van der Waals surface area contributed by atoms with Gasteiger partial charge in [-0.2, -0.15) is 0 Å². The van der Waals surface area contributed by atoms with Crippen LogP contribution in [0, 0.1) is 0 Å². The summed E-state index contributed by atoms with van der Waals surface area (Å²) < 4.78 is 5.09. The third-order valence-corrected chi connectivity index (χ3v) is 2.67. The van der Waals surface area contributed by atoms with Crippen molar-refractivity contribution >= 4 is 28.9 Å². The van der Waals surface area contributed by atoms with E-state index in [-0.39, 0.29) is 0 Å². The van der Waals surface area contributed by atoms with E-state index in [0.717, 1.165) is 0 Å². The first-order valence-electron chi connectivity index (χ1n) is 4.24. The van der Waals surface area contributed by atoms with Crippen molar-refractivity contribution in [2.24, 2.45) is 5.73 Å². The summed E-state index contributed by atoms with van der Waals surface area (Å²) in [6.45, 7) is 4.00. The fourth-order valence-electron chi connectivity index (χ4n) is 0.739. The number of esters is 1. The summed E-state index contributed by atoms with van der Waals surface area (Å²) in [7, 11) is 1.30. The minimum absolute atomic E-state index is 0.450. The van der Waals surface area contributed by atoms with Crippen LogP contribution in [-0.4, -0.2) is 13.1 Å². The number of carbonyl (C=O) groups is 1. The van der Waals surface area contributed by atoms with Crippen LogP contribution in [0.15, 0.2) is 12.1 Å². The standard InChI is InChI=1S/C7H8ClNO2S.C2H6/c1-11-7(10)6(9)4-2-3-5(8)12-4;1-2/h2-3,6H,9H2,1H3;1-2H3. The highest BCUT2D eigenvalue weighted by Crippen LogP contribution is 2.26. The van der Waals surface area contributed by atoms with Crippen LogP contribution in [0.3, 0.4) is 0 Å². The molecule has 1 unspecified atom stereocenters. The summed E-state index contributed by atoms with van der Waals surface area (Å²) in [5.41, 5.74) is 5.54. The third kappa shape index (κ3) is 3.65. The van der Waals surface area contributed by atoms with E-state index < -0.39 is 12.0 Å². The number of hydrogen-bond donors (Lipinski definition) is 1. The molecule has 0 aliphatic rings. The van der Waals surface area contributed by atoms with E-state index in [1.54, 1.807) is 12.1 Å². The van der Waals surface area contributed by atoms with Crippen LogP contribution in [0.1, 0.15) is 24.8 Å². The summed E-state index contributed by atoms with van der Waals surface area (Å²) in [6.07, 6.45) is 0. The zero-order valence-corrected chi connectivity index (χ0v) is 9.98. The number of hydrogen-bond acceptors (Lipinski definition) is 4. The molecule has 0 bridgehead atoms. The van der Waals surface area contributed by atoms with Gasteiger partial charge in [-0.1, -0.05) is 25.4 Å². The Morgan fingerprint density at radius 3 is 2.50 bits per heavy atom. The van der Waals surface area contributed by atoms with Gasteiger partial charge in [-0.3, -0.25) is 0 Å². The van der Waals surface area contributed by atoms with Gasteiger partial charge in [0.05, 0.1) is 11.4 Å². The summed E-state index contributed by atoms with van der Waals surface area (Å²) in [4.78, 5) is 11.7. The lowest BCUT2D eigenvalue weighted by Crippen LogP contribution is -2.21. The Balaban J connectivity index is 0.000000791. The van der Waals surface area contributed by atoms with Crippen LogP contribution in [0.5, 0.6) is 0 Å². The molecule has 5 heteroatoms. The van der Waals surface area contributed by atoms with E-state index in [1.165, 1.54) is 18.4 Å². The summed E-state index contributed by atoms with van der Waals surface area (Å²) in [6, 6.07) is 2.70. The van der Waals surface area contributed by atoms with Crippen molar-refractivity contribution in [1.82, 2.24) is 0 Å². The van der Waals surface area contributed by atoms with Crippen molar-refractivity contribution in [1.29, 1.82) is 0 Å². The highest BCUT2D eigenvalue weighted by Gasteiger charge is 2.17. The second-order valence-electron chi connectivity index (χ2n) is 2.14. The lowest BCUT2D eigenvalue weighted by atomic mass is 10.3. The predicted molar refractivity (Wildman–Crippen MR) is 59.6 cm³/mol. The third-order valence-electron chi connectivity index (χ3n) is 1.36. The Kier molecular flexibility index (Phi) is 6.53. The quantitative estimate of drug-likeness (QED) is 0.802. The molecular weight excluding hydrogens is 222 g/mol. The van der Waals surface area contributed by atoms with E-state index in [4.69, 9.17) is 17.3 Å². The largest absolute Gasteiger partial charge is 0.468 e. The van der Waals surface area contributed by atoms with Gasteiger partial charge in [-0.05, 0) is 12.1 Å². The molecule has 80 valence electrons. The van der Waals surface area contributed by atoms with Gasteiger partial charge in [-0.25, -0.2) is 4.79 Å². The van der Waals surface area contributed by atoms with E-state index in [0.29, 0.717) is 9.21 Å². The number of thiophene rings is 1. The summed E-state index contributed by atoms with van der Waals surface area (Å²) in [5, 5.41) is 0. The van der Waals surface area contributed by atoms with E-state index in [1.807, 2.05) is 13.8 Å². The van der Waals surface area contributed by atoms with Crippen LogP contribution in [0.25, 0.3) is 0 Å². The van der Waals surface area contributed by atoms with Crippen LogP contribution in [0.4, 0.5) is 0 Å². The average Bonchev–Trinajstić information content (AvgIpc) is 2.65. The molecule has 0 aromatic carbocycles. The van der Waals surface area contributed by atoms with Crippen molar-refractivity contribution in [3.05, 3.63) is 21.3 Å². The maximum Gasteiger partial charge on any atom is 0.328 e. The van der Waals surface area contributed by atoms with Gasteiger partial charge in [-0.15, -0.1) is 11.3 Å². The Labute approximate surface area is 92.8 Å². The second-order valence-corrected chi connectivity index (χ2v) is 3.89. The summed E-state index contributed by atoms with van der Waals surface area (Å²) in [5.74, 6) is -0.450. The number of ether oxygens (including phenoxy) is 1. The Bertz CT molecular complexity index is 288. The van der Waals surface area contributed by atoms with Crippen LogP contribution in [0.2, 0.25) is 4.34 Å². The lowest BCUT2D eigenvalue weighted by Gasteiger charge is -2.05. The zero-order valence-electron chi connectivity index (χ0n) is 8.41. The molecule has 14 heavy (non-hydrogen) atoms. The number of methoxy groups -OCH3 is 1. The molecule has 3 nitrogen and oxygen atoms in total. The highest BCUT2D eigenvalue weighted by molar-refractivity contribution is 7.16. The van der Waals surface area contributed by atoms with Gasteiger partial charge in [0, 0.05) is 4.88 Å². The Morgan fingerprint density at radius 2 is 2.14 bits per heavy atom. The SMILES string of the molecule is CC.COC(=O)C(N)c1ccc(Cl)s1. The van der Waals surface area contributed by atoms with E-state index in [9.17, 15) is 4.79 Å². The first kappa shape index (κ1) is 13.4. The minimum atomic E-state index is -0.715. The minimum Gasteiger partial charge on any atom is -0.468 e. The molecule has 0 saturated carbocycles. The smallest absolute Gasteiger partial charge is 0.328 e. The second kappa shape index (κ2) is 6.81. The van der Waals surface area contributed by atoms with Crippen LogP contribution in [-0.2, 0) is 9.53 Å². The number of rotatable bonds is 2. The molecule has 1 aromatic heterocycles. The van der Waals surface area contributed by atoms with Crippen molar-refractivity contribution in [3.8, 4) is 0 Å². The van der Waals surface area contributed by atoms with Crippen LogP contribution >= 0.6 is 22.9 Å². The topological polar surface area (TPSA) is 52.3 Å². The molecule has 0 saturated heterocycles. The first-order chi connectivity index (χ1) is 6.65. The van der Waals surface area contributed by atoms with Crippen LogP contribution < -0.4 is 5.73 Å². The van der Waals surface area contributed by atoms with Crippen molar-refractivity contribution in [2.75, 3.05) is 7.11 Å². The van der Waals surface area contributed by atoms with Crippen molar-refractivity contribution < 1.29 is 9.53 Å². The molecule has 1 rings (SSSR count). The Morgan fingerprint density at radius 1 is 1.57 bits per heavy atom. The molecule has 0 amide bonds. The monoisotopic (exact) mass is 235 g/mol. The maximum atomic E-state index is 10.9. The van der Waals surface area contributed by atoms with Crippen molar-refractivity contribution in [3.63, 3.8) is 0 Å². The highest BCUT2D eigenvalue weighted by atomic mass is 35.5. The van der Waals surface area contributed by atoms with Gasteiger partial charge in [0.15, 0.2) is 0 Å². The first-order valence-corrected chi connectivity index (χ1v) is 5.43. The molecule has 0 fully saturated rings. The zero-order chi connectivity index (χ0) is 11.1. The fraction of sp³-hybridized carbons (Fsp3) is 0.444. The van der Waals surface area contributed by atoms with Gasteiger partial charge >= 0.3 is 5.97 Å². The molecule has 1 atom stereocenters. The number of carbonyl (C=O) groups excluding carboxylic acids is 1.